The predicted octanol–water partition coefficient (Wildman–Crippen LogP) is 1.32. The summed E-state index contributed by atoms with van der Waals surface area (Å²) in [6, 6.07) is 1.67. The van der Waals surface area contributed by atoms with Gasteiger partial charge in [0.2, 0.25) is 5.88 Å². The van der Waals surface area contributed by atoms with Crippen LogP contribution in [0.25, 0.3) is 0 Å². The van der Waals surface area contributed by atoms with Crippen LogP contribution in [0.4, 0.5) is 10.5 Å². The van der Waals surface area contributed by atoms with Gasteiger partial charge in [-0.3, -0.25) is 0 Å². The third-order valence-electron chi connectivity index (χ3n) is 2.42. The smallest absolute Gasteiger partial charge is 0.326 e. The molecular formula is C12H17N3O4. The first kappa shape index (κ1) is 14.7. The Morgan fingerprint density at radius 2 is 2.05 bits per heavy atom. The number of methoxy groups -OCH3 is 1. The van der Waals surface area contributed by atoms with Crippen molar-refractivity contribution in [3.63, 3.8) is 0 Å². The molecule has 0 saturated heterocycles. The van der Waals surface area contributed by atoms with Crippen molar-refractivity contribution in [2.45, 2.75) is 19.9 Å². The normalized spacial score (nSPS) is 11.8. The molecule has 0 bridgehead atoms. The summed E-state index contributed by atoms with van der Waals surface area (Å²) < 4.78 is 4.88. The molecule has 1 aromatic rings. The van der Waals surface area contributed by atoms with Gasteiger partial charge in [0, 0.05) is 6.07 Å². The number of hydrogen-bond donors (Lipinski definition) is 3. The van der Waals surface area contributed by atoms with Crippen LogP contribution in [0.5, 0.6) is 5.88 Å². The van der Waals surface area contributed by atoms with Gasteiger partial charge in [-0.2, -0.15) is 0 Å². The molecule has 0 aliphatic heterocycles. The van der Waals surface area contributed by atoms with E-state index in [0.29, 0.717) is 11.6 Å². The summed E-state index contributed by atoms with van der Waals surface area (Å²) in [6.45, 7) is 3.43. The number of carbonyl (C=O) groups excluding carboxylic acids is 1. The standard InChI is InChI=1S/C12H17N3O4/c1-7(2)10(11(16)17)15-12(18)14-8-4-5-9(19-3)13-6-8/h4-7,10H,1-3H3,(H,16,17)(H2,14,15,18)/t10-/m1/s1. The minimum absolute atomic E-state index is 0.211. The number of rotatable bonds is 5. The Morgan fingerprint density at radius 3 is 2.47 bits per heavy atom. The summed E-state index contributed by atoms with van der Waals surface area (Å²) in [5, 5.41) is 13.8. The zero-order valence-electron chi connectivity index (χ0n) is 11.0. The summed E-state index contributed by atoms with van der Waals surface area (Å²) >= 11 is 0. The predicted molar refractivity (Wildman–Crippen MR) is 69.2 cm³/mol. The fourth-order valence-electron chi connectivity index (χ4n) is 1.40. The van der Waals surface area contributed by atoms with E-state index in [1.807, 2.05) is 0 Å². The van der Waals surface area contributed by atoms with Crippen LogP contribution >= 0.6 is 0 Å². The van der Waals surface area contributed by atoms with Crippen LogP contribution in [0.1, 0.15) is 13.8 Å². The Labute approximate surface area is 111 Å². The fourth-order valence-corrected chi connectivity index (χ4v) is 1.40. The lowest BCUT2D eigenvalue weighted by atomic mass is 10.1. The molecule has 1 heterocycles. The van der Waals surface area contributed by atoms with Crippen molar-refractivity contribution in [1.82, 2.24) is 10.3 Å². The highest BCUT2D eigenvalue weighted by Gasteiger charge is 2.23. The second kappa shape index (κ2) is 6.58. The molecule has 0 aliphatic rings. The Balaban J connectivity index is 2.61. The molecule has 0 saturated carbocycles. The van der Waals surface area contributed by atoms with Crippen molar-refractivity contribution in [1.29, 1.82) is 0 Å². The number of carbonyl (C=O) groups is 2. The van der Waals surface area contributed by atoms with Crippen LogP contribution in [0.15, 0.2) is 18.3 Å². The molecule has 0 fully saturated rings. The Hall–Kier alpha value is -2.31. The Kier molecular flexibility index (Phi) is 5.11. The van der Waals surface area contributed by atoms with Crippen molar-refractivity contribution in [3.05, 3.63) is 18.3 Å². The Bertz CT molecular complexity index is 445. The highest BCUT2D eigenvalue weighted by Crippen LogP contribution is 2.11. The van der Waals surface area contributed by atoms with Gasteiger partial charge in [0.05, 0.1) is 19.0 Å². The van der Waals surface area contributed by atoms with E-state index in [9.17, 15) is 9.59 Å². The second-order valence-corrected chi connectivity index (χ2v) is 4.25. The minimum Gasteiger partial charge on any atom is -0.481 e. The van der Waals surface area contributed by atoms with Crippen molar-refractivity contribution in [3.8, 4) is 5.88 Å². The topological polar surface area (TPSA) is 101 Å². The highest BCUT2D eigenvalue weighted by molar-refractivity contribution is 5.92. The maximum Gasteiger partial charge on any atom is 0.326 e. The highest BCUT2D eigenvalue weighted by atomic mass is 16.5. The van der Waals surface area contributed by atoms with Crippen LogP contribution < -0.4 is 15.4 Å². The molecule has 0 spiro atoms. The molecule has 2 amide bonds. The van der Waals surface area contributed by atoms with Crippen molar-refractivity contribution in [2.75, 3.05) is 12.4 Å². The van der Waals surface area contributed by atoms with Gasteiger partial charge >= 0.3 is 12.0 Å². The van der Waals surface area contributed by atoms with Crippen molar-refractivity contribution in [2.24, 2.45) is 5.92 Å². The number of aromatic nitrogens is 1. The van der Waals surface area contributed by atoms with Gasteiger partial charge < -0.3 is 20.5 Å². The second-order valence-electron chi connectivity index (χ2n) is 4.25. The van der Waals surface area contributed by atoms with Crippen LogP contribution in [0, 0.1) is 5.92 Å². The number of urea groups is 1. The quantitative estimate of drug-likeness (QED) is 0.747. The summed E-state index contributed by atoms with van der Waals surface area (Å²) in [5.41, 5.74) is 0.450. The van der Waals surface area contributed by atoms with E-state index in [1.54, 1.807) is 26.0 Å². The van der Waals surface area contributed by atoms with Crippen LogP contribution in [0.3, 0.4) is 0 Å². The lowest BCUT2D eigenvalue weighted by Gasteiger charge is -2.18. The number of carboxylic acids is 1. The maximum atomic E-state index is 11.6. The number of ether oxygens (including phenoxy) is 1. The van der Waals surface area contributed by atoms with E-state index in [0.717, 1.165) is 0 Å². The first-order valence-corrected chi connectivity index (χ1v) is 5.74. The maximum absolute atomic E-state index is 11.6. The van der Waals surface area contributed by atoms with Gasteiger partial charge in [-0.15, -0.1) is 0 Å². The molecule has 19 heavy (non-hydrogen) atoms. The third-order valence-corrected chi connectivity index (χ3v) is 2.42. The number of nitrogens with zero attached hydrogens (tertiary/aromatic N) is 1. The molecule has 0 aliphatic carbocycles. The number of aliphatic carboxylic acids is 1. The molecular weight excluding hydrogens is 250 g/mol. The first-order valence-electron chi connectivity index (χ1n) is 5.74. The summed E-state index contributed by atoms with van der Waals surface area (Å²) in [4.78, 5) is 26.5. The van der Waals surface area contributed by atoms with Crippen LogP contribution in [-0.4, -0.2) is 35.2 Å². The fraction of sp³-hybridized carbons (Fsp3) is 0.417. The molecule has 1 rings (SSSR count). The van der Waals surface area contributed by atoms with Crippen molar-refractivity contribution >= 4 is 17.7 Å². The molecule has 1 atom stereocenters. The summed E-state index contributed by atoms with van der Waals surface area (Å²) in [7, 11) is 1.49. The zero-order valence-corrected chi connectivity index (χ0v) is 11.0. The molecule has 7 nitrogen and oxygen atoms in total. The van der Waals surface area contributed by atoms with Crippen molar-refractivity contribution < 1.29 is 19.4 Å². The third kappa shape index (κ3) is 4.46. The van der Waals surface area contributed by atoms with Gasteiger partial charge in [-0.1, -0.05) is 13.8 Å². The van der Waals surface area contributed by atoms with E-state index < -0.39 is 18.0 Å². The zero-order chi connectivity index (χ0) is 14.4. The lowest BCUT2D eigenvalue weighted by molar-refractivity contribution is -0.140. The molecule has 0 radical (unpaired) electrons. The SMILES string of the molecule is COc1ccc(NC(=O)N[C@@H](C(=O)O)C(C)C)cn1. The average Bonchev–Trinajstić information content (AvgIpc) is 2.36. The van der Waals surface area contributed by atoms with E-state index in [1.165, 1.54) is 13.3 Å². The van der Waals surface area contributed by atoms with E-state index in [2.05, 4.69) is 15.6 Å². The molecule has 0 unspecified atom stereocenters. The van der Waals surface area contributed by atoms with Gasteiger partial charge in [-0.05, 0) is 12.0 Å². The number of hydrogen-bond acceptors (Lipinski definition) is 4. The number of amides is 2. The van der Waals surface area contributed by atoms with E-state index in [4.69, 9.17) is 9.84 Å². The number of nitrogens with one attached hydrogen (secondary N) is 2. The number of carboxylic acid groups (broad SMARTS) is 1. The largest absolute Gasteiger partial charge is 0.481 e. The lowest BCUT2D eigenvalue weighted by Crippen LogP contribution is -2.46. The monoisotopic (exact) mass is 267 g/mol. The molecule has 7 heteroatoms. The van der Waals surface area contributed by atoms with E-state index in [-0.39, 0.29) is 5.92 Å². The van der Waals surface area contributed by atoms with Gasteiger partial charge in [0.15, 0.2) is 0 Å². The number of anilines is 1. The van der Waals surface area contributed by atoms with E-state index >= 15 is 0 Å². The summed E-state index contributed by atoms with van der Waals surface area (Å²) in [5.74, 6) is -0.855. The first-order chi connectivity index (χ1) is 8.93. The molecule has 0 aromatic carbocycles. The van der Waals surface area contributed by atoms with Gasteiger partial charge in [0.25, 0.3) is 0 Å². The average molecular weight is 267 g/mol. The Morgan fingerprint density at radius 1 is 1.37 bits per heavy atom. The molecule has 104 valence electrons. The minimum atomic E-state index is -1.07. The molecule has 3 N–H and O–H groups in total. The molecule has 1 aromatic heterocycles. The van der Waals surface area contributed by atoms with Crippen LogP contribution in [-0.2, 0) is 4.79 Å². The van der Waals surface area contributed by atoms with Gasteiger partial charge in [0.1, 0.15) is 6.04 Å². The van der Waals surface area contributed by atoms with Crippen LogP contribution in [0.2, 0.25) is 0 Å². The number of pyridine rings is 1. The summed E-state index contributed by atoms with van der Waals surface area (Å²) in [6.07, 6.45) is 1.42. The van der Waals surface area contributed by atoms with Gasteiger partial charge in [-0.25, -0.2) is 14.6 Å².